The molecule has 0 radical (unpaired) electrons. The van der Waals surface area contributed by atoms with Gasteiger partial charge < -0.3 is 10.6 Å². The van der Waals surface area contributed by atoms with Crippen molar-refractivity contribution in [3.8, 4) is 0 Å². The molecule has 0 aliphatic rings. The van der Waals surface area contributed by atoms with E-state index in [1.54, 1.807) is 12.1 Å². The molecule has 4 heteroatoms. The summed E-state index contributed by atoms with van der Waals surface area (Å²) in [5, 5.41) is 7.32. The van der Waals surface area contributed by atoms with E-state index in [4.69, 9.17) is 11.1 Å². The molecule has 1 aromatic carbocycles. The molecule has 0 spiro atoms. The summed E-state index contributed by atoms with van der Waals surface area (Å²) in [6.45, 7) is 7.99. The number of nitrogens with zero attached hydrogens (tertiary/aromatic N) is 1. The number of hydrogen-bond donors (Lipinski definition) is 2. The lowest BCUT2D eigenvalue weighted by atomic mass is 10.0. The van der Waals surface area contributed by atoms with E-state index in [1.807, 2.05) is 6.92 Å². The molecule has 0 aliphatic carbocycles. The summed E-state index contributed by atoms with van der Waals surface area (Å²) in [6, 6.07) is 4.77. The van der Waals surface area contributed by atoms with Crippen LogP contribution in [0, 0.1) is 17.1 Å². The Balaban J connectivity index is 2.95. The van der Waals surface area contributed by atoms with E-state index >= 15 is 0 Å². The first kappa shape index (κ1) is 15.5. The van der Waals surface area contributed by atoms with E-state index in [9.17, 15) is 4.39 Å². The van der Waals surface area contributed by atoms with E-state index in [1.165, 1.54) is 6.07 Å². The summed E-state index contributed by atoms with van der Waals surface area (Å²) in [7, 11) is 0. The van der Waals surface area contributed by atoms with Crippen LogP contribution in [0.3, 0.4) is 0 Å². The molecule has 0 amide bonds. The molecule has 0 aliphatic heterocycles. The zero-order valence-electron chi connectivity index (χ0n) is 12.0. The fourth-order valence-electron chi connectivity index (χ4n) is 2.19. The Bertz CT molecular complexity index is 427. The highest BCUT2D eigenvalue weighted by Gasteiger charge is 2.15. The maximum Gasteiger partial charge on any atom is 0.147 e. The lowest BCUT2D eigenvalue weighted by Crippen LogP contribution is -2.29. The van der Waals surface area contributed by atoms with Crippen molar-refractivity contribution in [3.63, 3.8) is 0 Å². The molecule has 3 nitrogen and oxygen atoms in total. The van der Waals surface area contributed by atoms with Crippen LogP contribution >= 0.6 is 0 Å². The van der Waals surface area contributed by atoms with E-state index < -0.39 is 0 Å². The van der Waals surface area contributed by atoms with Crippen molar-refractivity contribution in [2.24, 2.45) is 11.7 Å². The van der Waals surface area contributed by atoms with Gasteiger partial charge >= 0.3 is 0 Å². The third-order valence-corrected chi connectivity index (χ3v) is 3.61. The number of nitrogens with one attached hydrogen (secondary N) is 1. The Labute approximate surface area is 115 Å². The van der Waals surface area contributed by atoms with Crippen molar-refractivity contribution < 1.29 is 4.39 Å². The first-order chi connectivity index (χ1) is 9.03. The van der Waals surface area contributed by atoms with Crippen LogP contribution in [0.2, 0.25) is 0 Å². The fourth-order valence-corrected chi connectivity index (χ4v) is 2.19. The van der Waals surface area contributed by atoms with E-state index in [0.29, 0.717) is 17.2 Å². The summed E-state index contributed by atoms with van der Waals surface area (Å²) < 4.78 is 14.1. The lowest BCUT2D eigenvalue weighted by Gasteiger charge is -2.28. The molecule has 19 heavy (non-hydrogen) atoms. The Kier molecular flexibility index (Phi) is 5.80. The Morgan fingerprint density at radius 3 is 2.37 bits per heavy atom. The maximum absolute atomic E-state index is 14.1. The summed E-state index contributed by atoms with van der Waals surface area (Å²) in [4.78, 5) is 2.05. The van der Waals surface area contributed by atoms with Gasteiger partial charge in [-0.25, -0.2) is 4.39 Å². The zero-order chi connectivity index (χ0) is 14.4. The normalized spacial score (nSPS) is 10.8. The highest BCUT2D eigenvalue weighted by atomic mass is 19.1. The second kappa shape index (κ2) is 7.12. The average Bonchev–Trinajstić information content (AvgIpc) is 2.41. The molecule has 0 aromatic heterocycles. The monoisotopic (exact) mass is 265 g/mol. The van der Waals surface area contributed by atoms with Gasteiger partial charge in [-0.05, 0) is 31.0 Å². The number of hydrogen-bond acceptors (Lipinski definition) is 2. The number of anilines is 1. The standard InChI is InChI=1S/C15H24FN3/c1-4-11(5-2)10-19(6-3)14-8-7-12(15(17)18)9-13(14)16/h7-9,11H,4-6,10H2,1-3H3,(H3,17,18). The highest BCUT2D eigenvalue weighted by molar-refractivity contribution is 5.95. The topological polar surface area (TPSA) is 53.1 Å². The van der Waals surface area contributed by atoms with E-state index in [-0.39, 0.29) is 11.7 Å². The van der Waals surface area contributed by atoms with E-state index in [2.05, 4.69) is 18.7 Å². The Hall–Kier alpha value is -1.58. The maximum atomic E-state index is 14.1. The third kappa shape index (κ3) is 3.94. The van der Waals surface area contributed by atoms with Crippen molar-refractivity contribution in [1.29, 1.82) is 5.41 Å². The molecular weight excluding hydrogens is 241 g/mol. The van der Waals surface area contributed by atoms with Crippen molar-refractivity contribution in [2.45, 2.75) is 33.6 Å². The van der Waals surface area contributed by atoms with Gasteiger partial charge in [0, 0.05) is 18.7 Å². The van der Waals surface area contributed by atoms with Crippen LogP contribution in [0.25, 0.3) is 0 Å². The Morgan fingerprint density at radius 2 is 1.95 bits per heavy atom. The molecule has 0 saturated carbocycles. The molecule has 0 bridgehead atoms. The van der Waals surface area contributed by atoms with Crippen LogP contribution in [-0.4, -0.2) is 18.9 Å². The number of amidine groups is 1. The quantitative estimate of drug-likeness (QED) is 0.586. The molecule has 0 heterocycles. The van der Waals surface area contributed by atoms with Gasteiger partial charge in [0.25, 0.3) is 0 Å². The number of nitrogens with two attached hydrogens (primary N) is 1. The summed E-state index contributed by atoms with van der Waals surface area (Å²) in [5.74, 6) is 0.167. The van der Waals surface area contributed by atoms with Gasteiger partial charge in [-0.15, -0.1) is 0 Å². The largest absolute Gasteiger partial charge is 0.384 e. The summed E-state index contributed by atoms with van der Waals surface area (Å²) in [6.07, 6.45) is 2.19. The van der Waals surface area contributed by atoms with Crippen molar-refractivity contribution in [1.82, 2.24) is 0 Å². The lowest BCUT2D eigenvalue weighted by molar-refractivity contribution is 0.482. The zero-order valence-corrected chi connectivity index (χ0v) is 12.0. The van der Waals surface area contributed by atoms with Crippen LogP contribution in [0.4, 0.5) is 10.1 Å². The second-order valence-electron chi connectivity index (χ2n) is 4.80. The number of halogens is 1. The van der Waals surface area contributed by atoms with Gasteiger partial charge in [-0.1, -0.05) is 26.7 Å². The molecule has 106 valence electrons. The minimum atomic E-state index is -0.305. The smallest absolute Gasteiger partial charge is 0.147 e. The first-order valence-electron chi connectivity index (χ1n) is 6.92. The second-order valence-corrected chi connectivity index (χ2v) is 4.80. The number of rotatable bonds is 7. The van der Waals surface area contributed by atoms with Crippen LogP contribution in [0.1, 0.15) is 39.2 Å². The molecule has 1 rings (SSSR count). The highest BCUT2D eigenvalue weighted by Crippen LogP contribution is 2.23. The first-order valence-corrected chi connectivity index (χ1v) is 6.92. The van der Waals surface area contributed by atoms with Crippen LogP contribution in [0.5, 0.6) is 0 Å². The summed E-state index contributed by atoms with van der Waals surface area (Å²) in [5.41, 5.74) is 6.40. The number of nitrogen functional groups attached to an aromatic ring is 1. The van der Waals surface area contributed by atoms with Gasteiger partial charge in [-0.2, -0.15) is 0 Å². The van der Waals surface area contributed by atoms with Crippen LogP contribution in [-0.2, 0) is 0 Å². The SMILES string of the molecule is CCC(CC)CN(CC)c1ccc(C(=N)N)cc1F. The predicted molar refractivity (Wildman–Crippen MR) is 79.4 cm³/mol. The van der Waals surface area contributed by atoms with Crippen molar-refractivity contribution in [3.05, 3.63) is 29.6 Å². The van der Waals surface area contributed by atoms with Gasteiger partial charge in [0.2, 0.25) is 0 Å². The molecular formula is C15H24FN3. The molecule has 0 saturated heterocycles. The van der Waals surface area contributed by atoms with Gasteiger partial charge in [0.1, 0.15) is 11.7 Å². The summed E-state index contributed by atoms with van der Waals surface area (Å²) >= 11 is 0. The molecule has 0 fully saturated rings. The number of benzene rings is 1. The van der Waals surface area contributed by atoms with Gasteiger partial charge in [0.05, 0.1) is 5.69 Å². The van der Waals surface area contributed by atoms with E-state index in [0.717, 1.165) is 25.9 Å². The molecule has 0 unspecified atom stereocenters. The predicted octanol–water partition coefficient (Wildman–Crippen LogP) is 3.37. The third-order valence-electron chi connectivity index (χ3n) is 3.61. The minimum absolute atomic E-state index is 0.103. The van der Waals surface area contributed by atoms with Crippen molar-refractivity contribution >= 4 is 11.5 Å². The van der Waals surface area contributed by atoms with Crippen molar-refractivity contribution in [2.75, 3.05) is 18.0 Å². The average molecular weight is 265 g/mol. The van der Waals surface area contributed by atoms with Crippen LogP contribution in [0.15, 0.2) is 18.2 Å². The molecule has 1 aromatic rings. The van der Waals surface area contributed by atoms with Gasteiger partial charge in [-0.3, -0.25) is 5.41 Å². The molecule has 0 atom stereocenters. The molecule has 3 N–H and O–H groups in total. The Morgan fingerprint density at radius 1 is 1.32 bits per heavy atom. The van der Waals surface area contributed by atoms with Crippen LogP contribution < -0.4 is 10.6 Å². The fraction of sp³-hybridized carbons (Fsp3) is 0.533. The minimum Gasteiger partial charge on any atom is -0.384 e. The van der Waals surface area contributed by atoms with Gasteiger partial charge in [0.15, 0.2) is 0 Å².